The minimum atomic E-state index is -0.638. The van der Waals surface area contributed by atoms with Crippen molar-refractivity contribution in [3.8, 4) is 0 Å². The highest BCUT2D eigenvalue weighted by atomic mass is 32.1. The predicted molar refractivity (Wildman–Crippen MR) is 119 cm³/mol. The molecule has 0 aliphatic carbocycles. The van der Waals surface area contributed by atoms with E-state index in [0.29, 0.717) is 49.5 Å². The second-order valence-corrected chi connectivity index (χ2v) is 8.53. The summed E-state index contributed by atoms with van der Waals surface area (Å²) in [5.41, 5.74) is 0.320. The Hall–Kier alpha value is -2.74. The number of nitrogens with zero attached hydrogens (tertiary/aromatic N) is 2. The SMILES string of the molecule is CCN(CC)C(=O)[C@H](NC(=O)c1cccs1)C1CCN(C(=O)c2cccc(F)c2)CC1. The van der Waals surface area contributed by atoms with Crippen LogP contribution in [0.2, 0.25) is 0 Å². The van der Waals surface area contributed by atoms with Crippen LogP contribution in [0, 0.1) is 11.7 Å². The highest BCUT2D eigenvalue weighted by Gasteiger charge is 2.36. The van der Waals surface area contributed by atoms with Crippen LogP contribution in [-0.2, 0) is 4.79 Å². The van der Waals surface area contributed by atoms with Gasteiger partial charge in [0.25, 0.3) is 11.8 Å². The molecule has 166 valence electrons. The molecule has 2 heterocycles. The number of halogens is 1. The summed E-state index contributed by atoms with van der Waals surface area (Å²) in [4.78, 5) is 42.5. The first-order valence-electron chi connectivity index (χ1n) is 10.6. The van der Waals surface area contributed by atoms with Gasteiger partial charge in [0.05, 0.1) is 4.88 Å². The maximum absolute atomic E-state index is 13.5. The molecule has 3 rings (SSSR count). The van der Waals surface area contributed by atoms with Crippen molar-refractivity contribution >= 4 is 29.1 Å². The van der Waals surface area contributed by atoms with E-state index < -0.39 is 11.9 Å². The maximum Gasteiger partial charge on any atom is 0.262 e. The molecular formula is C23H28FN3O3S. The van der Waals surface area contributed by atoms with Gasteiger partial charge in [-0.25, -0.2) is 4.39 Å². The number of amides is 3. The summed E-state index contributed by atoms with van der Waals surface area (Å²) >= 11 is 1.33. The lowest BCUT2D eigenvalue weighted by molar-refractivity contribution is -0.134. The van der Waals surface area contributed by atoms with Gasteiger partial charge in [-0.1, -0.05) is 12.1 Å². The molecule has 1 saturated heterocycles. The predicted octanol–water partition coefficient (Wildman–Crippen LogP) is 3.41. The van der Waals surface area contributed by atoms with Crippen molar-refractivity contribution in [2.75, 3.05) is 26.2 Å². The van der Waals surface area contributed by atoms with Crippen molar-refractivity contribution in [1.29, 1.82) is 0 Å². The second kappa shape index (κ2) is 10.5. The number of likely N-dealkylation sites (N-methyl/N-ethyl adjacent to an activating group) is 1. The first-order chi connectivity index (χ1) is 14.9. The summed E-state index contributed by atoms with van der Waals surface area (Å²) in [6.07, 6.45) is 1.17. The molecular weight excluding hydrogens is 417 g/mol. The maximum atomic E-state index is 13.5. The molecule has 0 saturated carbocycles. The summed E-state index contributed by atoms with van der Waals surface area (Å²) < 4.78 is 13.5. The molecule has 1 aliphatic rings. The van der Waals surface area contributed by atoms with Gasteiger partial charge in [-0.05, 0) is 62.3 Å². The van der Waals surface area contributed by atoms with Crippen molar-refractivity contribution in [3.05, 3.63) is 58.0 Å². The topological polar surface area (TPSA) is 69.7 Å². The Labute approximate surface area is 186 Å². The Morgan fingerprint density at radius 2 is 1.87 bits per heavy atom. The van der Waals surface area contributed by atoms with Crippen LogP contribution < -0.4 is 5.32 Å². The number of hydrogen-bond donors (Lipinski definition) is 1. The molecule has 8 heteroatoms. The summed E-state index contributed by atoms with van der Waals surface area (Å²) in [6, 6.07) is 8.57. The number of piperidine rings is 1. The quantitative estimate of drug-likeness (QED) is 0.710. The number of benzene rings is 1. The highest BCUT2D eigenvalue weighted by Crippen LogP contribution is 2.24. The molecule has 2 aromatic rings. The van der Waals surface area contributed by atoms with Gasteiger partial charge in [-0.15, -0.1) is 11.3 Å². The fourth-order valence-electron chi connectivity index (χ4n) is 3.97. The third-order valence-electron chi connectivity index (χ3n) is 5.74. The van der Waals surface area contributed by atoms with Crippen molar-refractivity contribution in [2.24, 2.45) is 5.92 Å². The highest BCUT2D eigenvalue weighted by molar-refractivity contribution is 7.12. The van der Waals surface area contributed by atoms with Crippen LogP contribution in [0.15, 0.2) is 41.8 Å². The molecule has 0 unspecified atom stereocenters. The van der Waals surface area contributed by atoms with E-state index in [0.717, 1.165) is 0 Å². The number of hydrogen-bond acceptors (Lipinski definition) is 4. The third-order valence-corrected chi connectivity index (χ3v) is 6.61. The molecule has 1 aromatic carbocycles. The summed E-state index contributed by atoms with van der Waals surface area (Å²) in [7, 11) is 0. The van der Waals surface area contributed by atoms with Crippen molar-refractivity contribution in [3.63, 3.8) is 0 Å². The Bertz CT molecular complexity index is 907. The Morgan fingerprint density at radius 1 is 1.16 bits per heavy atom. The van der Waals surface area contributed by atoms with E-state index in [1.54, 1.807) is 28.0 Å². The van der Waals surface area contributed by atoms with Crippen LogP contribution in [-0.4, -0.2) is 59.7 Å². The molecule has 6 nitrogen and oxygen atoms in total. The molecule has 1 atom stereocenters. The fraction of sp³-hybridized carbons (Fsp3) is 0.435. The lowest BCUT2D eigenvalue weighted by atomic mass is 9.88. The molecule has 0 bridgehead atoms. The normalized spacial score (nSPS) is 15.4. The van der Waals surface area contributed by atoms with Crippen molar-refractivity contribution in [1.82, 2.24) is 15.1 Å². The zero-order chi connectivity index (χ0) is 22.4. The monoisotopic (exact) mass is 445 g/mol. The molecule has 1 aromatic heterocycles. The average Bonchev–Trinajstić information content (AvgIpc) is 3.33. The molecule has 1 fully saturated rings. The van der Waals surface area contributed by atoms with E-state index in [4.69, 9.17) is 0 Å². The van der Waals surface area contributed by atoms with E-state index in [-0.39, 0.29) is 23.6 Å². The zero-order valence-corrected chi connectivity index (χ0v) is 18.7. The number of carbonyl (C=O) groups excluding carboxylic acids is 3. The standard InChI is InChI=1S/C23H28FN3O3S/c1-3-26(4-2)23(30)20(25-21(28)19-9-6-14-31-19)16-10-12-27(13-11-16)22(29)17-7-5-8-18(24)15-17/h5-9,14-16,20H,3-4,10-13H2,1-2H3,(H,25,28)/t20-/m1/s1. The van der Waals surface area contributed by atoms with Gasteiger partial charge in [-0.2, -0.15) is 0 Å². The average molecular weight is 446 g/mol. The fourth-order valence-corrected chi connectivity index (χ4v) is 4.60. The lowest BCUT2D eigenvalue weighted by Gasteiger charge is -2.37. The number of nitrogens with one attached hydrogen (secondary N) is 1. The molecule has 0 spiro atoms. The van der Waals surface area contributed by atoms with Gasteiger partial charge in [0.2, 0.25) is 5.91 Å². The smallest absolute Gasteiger partial charge is 0.262 e. The Kier molecular flexibility index (Phi) is 7.79. The zero-order valence-electron chi connectivity index (χ0n) is 17.8. The van der Waals surface area contributed by atoms with E-state index in [1.165, 1.54) is 29.5 Å². The van der Waals surface area contributed by atoms with Gasteiger partial charge in [0.15, 0.2) is 0 Å². The molecule has 0 radical (unpaired) electrons. The van der Waals surface area contributed by atoms with Gasteiger partial charge >= 0.3 is 0 Å². The molecule has 1 N–H and O–H groups in total. The van der Waals surface area contributed by atoms with Crippen molar-refractivity contribution in [2.45, 2.75) is 32.7 Å². The summed E-state index contributed by atoms with van der Waals surface area (Å²) in [6.45, 7) is 5.88. The first-order valence-corrected chi connectivity index (χ1v) is 11.5. The van der Waals surface area contributed by atoms with E-state index >= 15 is 0 Å². The van der Waals surface area contributed by atoms with Crippen LogP contribution in [0.3, 0.4) is 0 Å². The van der Waals surface area contributed by atoms with Gasteiger partial charge in [0.1, 0.15) is 11.9 Å². The van der Waals surface area contributed by atoms with Gasteiger partial charge in [-0.3, -0.25) is 14.4 Å². The van der Waals surface area contributed by atoms with Gasteiger partial charge < -0.3 is 15.1 Å². The second-order valence-electron chi connectivity index (χ2n) is 7.58. The lowest BCUT2D eigenvalue weighted by Crippen LogP contribution is -2.54. The van der Waals surface area contributed by atoms with E-state index in [9.17, 15) is 18.8 Å². The number of thiophene rings is 1. The molecule has 1 aliphatic heterocycles. The minimum Gasteiger partial charge on any atom is -0.341 e. The molecule has 3 amide bonds. The third kappa shape index (κ3) is 5.50. The van der Waals surface area contributed by atoms with Crippen LogP contribution in [0.1, 0.15) is 46.7 Å². The van der Waals surface area contributed by atoms with Crippen LogP contribution in [0.5, 0.6) is 0 Å². The summed E-state index contributed by atoms with van der Waals surface area (Å²) in [5.74, 6) is -1.08. The number of carbonyl (C=O) groups is 3. The van der Waals surface area contributed by atoms with E-state index in [1.807, 2.05) is 19.2 Å². The van der Waals surface area contributed by atoms with Crippen molar-refractivity contribution < 1.29 is 18.8 Å². The minimum absolute atomic E-state index is 0.0754. The van der Waals surface area contributed by atoms with Crippen LogP contribution >= 0.6 is 11.3 Å². The van der Waals surface area contributed by atoms with Crippen LogP contribution in [0.4, 0.5) is 4.39 Å². The number of likely N-dealkylation sites (tertiary alicyclic amines) is 1. The molecule has 31 heavy (non-hydrogen) atoms. The first kappa shape index (κ1) is 22.9. The number of rotatable bonds is 7. The Balaban J connectivity index is 1.70. The Morgan fingerprint density at radius 3 is 2.45 bits per heavy atom. The van der Waals surface area contributed by atoms with E-state index in [2.05, 4.69) is 5.32 Å². The largest absolute Gasteiger partial charge is 0.341 e. The van der Waals surface area contributed by atoms with Gasteiger partial charge in [0, 0.05) is 31.7 Å². The van der Waals surface area contributed by atoms with Crippen LogP contribution in [0.25, 0.3) is 0 Å². The summed E-state index contributed by atoms with van der Waals surface area (Å²) in [5, 5.41) is 4.77.